The van der Waals surface area contributed by atoms with Gasteiger partial charge in [0.1, 0.15) is 5.82 Å². The van der Waals surface area contributed by atoms with Crippen molar-refractivity contribution in [1.29, 1.82) is 0 Å². The second-order valence-corrected chi connectivity index (χ2v) is 8.12. The molecular formula is C26H23F3N2O3. The summed E-state index contributed by atoms with van der Waals surface area (Å²) in [6.07, 6.45) is -3.78. The van der Waals surface area contributed by atoms with E-state index in [1.54, 1.807) is 54.6 Å². The summed E-state index contributed by atoms with van der Waals surface area (Å²) in [6, 6.07) is 19.9. The van der Waals surface area contributed by atoms with Gasteiger partial charge < -0.3 is 9.64 Å². The van der Waals surface area contributed by atoms with Gasteiger partial charge in [-0.05, 0) is 25.0 Å². The van der Waals surface area contributed by atoms with Gasteiger partial charge in [0.05, 0.1) is 11.5 Å². The van der Waals surface area contributed by atoms with Gasteiger partial charge in [0, 0.05) is 30.4 Å². The molecule has 1 aliphatic rings. The summed E-state index contributed by atoms with van der Waals surface area (Å²) in [5, 5.41) is 0. The summed E-state index contributed by atoms with van der Waals surface area (Å²) >= 11 is 0. The van der Waals surface area contributed by atoms with Gasteiger partial charge >= 0.3 is 12.1 Å². The molecule has 0 bridgehead atoms. The second-order valence-electron chi connectivity index (χ2n) is 8.12. The van der Waals surface area contributed by atoms with Gasteiger partial charge in [0.2, 0.25) is 5.78 Å². The van der Waals surface area contributed by atoms with Crippen LogP contribution in [-0.4, -0.2) is 29.8 Å². The molecule has 1 atom stereocenters. The number of Topliss-reactive ketones (excluding diaryl/α,β-unsaturated/α-hetero) is 1. The predicted octanol–water partition coefficient (Wildman–Crippen LogP) is 5.48. The van der Waals surface area contributed by atoms with Crippen molar-refractivity contribution in [3.63, 3.8) is 0 Å². The third-order valence-electron chi connectivity index (χ3n) is 5.86. The Labute approximate surface area is 195 Å². The van der Waals surface area contributed by atoms with Crippen molar-refractivity contribution in [1.82, 2.24) is 4.98 Å². The first-order valence-corrected chi connectivity index (χ1v) is 11.0. The van der Waals surface area contributed by atoms with Crippen molar-refractivity contribution >= 4 is 17.6 Å². The summed E-state index contributed by atoms with van der Waals surface area (Å²) < 4.78 is 44.0. The normalized spacial score (nSPS) is 15.6. The molecular weight excluding hydrogens is 445 g/mol. The third kappa shape index (κ3) is 5.44. The van der Waals surface area contributed by atoms with Gasteiger partial charge in [-0.1, -0.05) is 60.7 Å². The monoisotopic (exact) mass is 468 g/mol. The van der Waals surface area contributed by atoms with Gasteiger partial charge in [-0.2, -0.15) is 13.2 Å². The molecule has 0 N–H and O–H groups in total. The molecule has 5 nitrogen and oxygen atoms in total. The van der Waals surface area contributed by atoms with Crippen molar-refractivity contribution in [2.24, 2.45) is 5.92 Å². The zero-order chi connectivity index (χ0) is 24.1. The molecule has 34 heavy (non-hydrogen) atoms. The van der Waals surface area contributed by atoms with E-state index in [1.165, 1.54) is 6.07 Å². The number of piperidine rings is 1. The highest BCUT2D eigenvalue weighted by molar-refractivity contribution is 6.01. The summed E-state index contributed by atoms with van der Waals surface area (Å²) in [5.41, 5.74) is 0.244. The molecule has 8 heteroatoms. The van der Waals surface area contributed by atoms with Crippen LogP contribution >= 0.6 is 0 Å². The Morgan fingerprint density at radius 1 is 0.912 bits per heavy atom. The van der Waals surface area contributed by atoms with Crippen LogP contribution in [-0.2, 0) is 15.7 Å². The fourth-order valence-corrected chi connectivity index (χ4v) is 3.95. The molecule has 0 amide bonds. The highest BCUT2D eigenvalue weighted by Crippen LogP contribution is 2.31. The van der Waals surface area contributed by atoms with Gasteiger partial charge in [0.25, 0.3) is 0 Å². The van der Waals surface area contributed by atoms with E-state index in [2.05, 4.69) is 4.98 Å². The Morgan fingerprint density at radius 2 is 1.53 bits per heavy atom. The van der Waals surface area contributed by atoms with E-state index in [9.17, 15) is 22.8 Å². The number of hydrogen-bond donors (Lipinski definition) is 0. The highest BCUT2D eigenvalue weighted by Gasteiger charge is 2.33. The largest absolute Gasteiger partial charge is 0.449 e. The average molecular weight is 468 g/mol. The molecule has 1 aliphatic heterocycles. The van der Waals surface area contributed by atoms with Crippen molar-refractivity contribution in [2.75, 3.05) is 18.0 Å². The average Bonchev–Trinajstić information content (AvgIpc) is 2.87. The molecule has 4 rings (SSSR count). The number of carbonyl (C=O) groups is 2. The van der Waals surface area contributed by atoms with Gasteiger partial charge in [-0.25, -0.2) is 4.98 Å². The van der Waals surface area contributed by atoms with Crippen molar-refractivity contribution < 1.29 is 27.5 Å². The lowest BCUT2D eigenvalue weighted by Crippen LogP contribution is -2.38. The standard InChI is InChI=1S/C26H23F3N2O3/c27-26(28,29)21-11-12-22(30-17-21)31-15-13-20(14-16-31)25(33)34-24(19-9-5-2-6-10-19)23(32)18-7-3-1-4-8-18/h1-12,17,20,24H,13-16H2. The molecule has 2 heterocycles. The quantitative estimate of drug-likeness (QED) is 0.354. The summed E-state index contributed by atoms with van der Waals surface area (Å²) in [4.78, 5) is 31.9. The first-order valence-electron chi connectivity index (χ1n) is 11.0. The third-order valence-corrected chi connectivity index (χ3v) is 5.86. The lowest BCUT2D eigenvalue weighted by atomic mass is 9.96. The molecule has 1 unspecified atom stereocenters. The van der Waals surface area contributed by atoms with Crippen molar-refractivity contribution in [3.8, 4) is 0 Å². The van der Waals surface area contributed by atoms with Crippen LogP contribution in [0.3, 0.4) is 0 Å². The van der Waals surface area contributed by atoms with Gasteiger partial charge in [0.15, 0.2) is 6.10 Å². The van der Waals surface area contributed by atoms with E-state index >= 15 is 0 Å². The predicted molar refractivity (Wildman–Crippen MR) is 120 cm³/mol. The lowest BCUT2D eigenvalue weighted by molar-refractivity contribution is -0.153. The van der Waals surface area contributed by atoms with E-state index in [4.69, 9.17) is 4.74 Å². The lowest BCUT2D eigenvalue weighted by Gasteiger charge is -2.32. The summed E-state index contributed by atoms with van der Waals surface area (Å²) in [7, 11) is 0. The molecule has 1 saturated heterocycles. The maximum Gasteiger partial charge on any atom is 0.417 e. The van der Waals surface area contributed by atoms with Crippen LogP contribution < -0.4 is 4.90 Å². The van der Waals surface area contributed by atoms with Crippen LogP contribution in [0.1, 0.15) is 40.4 Å². The Kier molecular flexibility index (Phi) is 6.95. The second kappa shape index (κ2) is 10.1. The van der Waals surface area contributed by atoms with Crippen molar-refractivity contribution in [3.05, 3.63) is 95.7 Å². The Bertz CT molecular complexity index is 1110. The number of benzene rings is 2. The molecule has 0 spiro atoms. The molecule has 1 fully saturated rings. The molecule has 2 aromatic carbocycles. The van der Waals surface area contributed by atoms with Crippen LogP contribution in [0.2, 0.25) is 0 Å². The van der Waals surface area contributed by atoms with Gasteiger partial charge in [-0.15, -0.1) is 0 Å². The Morgan fingerprint density at radius 3 is 2.09 bits per heavy atom. The van der Waals surface area contributed by atoms with Crippen LogP contribution in [0.15, 0.2) is 79.0 Å². The van der Waals surface area contributed by atoms with Gasteiger partial charge in [-0.3, -0.25) is 9.59 Å². The van der Waals surface area contributed by atoms with Crippen LogP contribution in [0.5, 0.6) is 0 Å². The number of nitrogens with zero attached hydrogens (tertiary/aromatic N) is 2. The van der Waals surface area contributed by atoms with Crippen LogP contribution in [0.25, 0.3) is 0 Å². The Balaban J connectivity index is 1.42. The Hall–Kier alpha value is -3.68. The van der Waals surface area contributed by atoms with E-state index in [0.29, 0.717) is 42.9 Å². The molecule has 176 valence electrons. The molecule has 0 saturated carbocycles. The molecule has 1 aromatic heterocycles. The first-order chi connectivity index (χ1) is 16.3. The zero-order valence-corrected chi connectivity index (χ0v) is 18.2. The zero-order valence-electron chi connectivity index (χ0n) is 18.2. The number of ether oxygens (including phenoxy) is 1. The number of rotatable bonds is 6. The van der Waals surface area contributed by atoms with E-state index < -0.39 is 29.7 Å². The molecule has 0 aliphatic carbocycles. The fourth-order valence-electron chi connectivity index (χ4n) is 3.95. The first kappa shape index (κ1) is 23.5. The van der Waals surface area contributed by atoms with Crippen molar-refractivity contribution in [2.45, 2.75) is 25.1 Å². The summed E-state index contributed by atoms with van der Waals surface area (Å²) in [5.74, 6) is -0.744. The highest BCUT2D eigenvalue weighted by atomic mass is 19.4. The number of pyridine rings is 1. The van der Waals surface area contributed by atoms with Crippen LogP contribution in [0.4, 0.5) is 19.0 Å². The number of anilines is 1. The number of ketones is 1. The van der Waals surface area contributed by atoms with E-state index in [1.807, 2.05) is 11.0 Å². The van der Waals surface area contributed by atoms with Crippen LogP contribution in [0, 0.1) is 5.92 Å². The number of carbonyl (C=O) groups excluding carboxylic acids is 2. The maximum atomic E-state index is 13.1. The van der Waals surface area contributed by atoms with E-state index in [-0.39, 0.29) is 5.78 Å². The van der Waals surface area contributed by atoms with E-state index in [0.717, 1.165) is 12.3 Å². The maximum absolute atomic E-state index is 13.1. The number of hydrogen-bond acceptors (Lipinski definition) is 5. The number of alkyl halides is 3. The topological polar surface area (TPSA) is 59.5 Å². The number of aromatic nitrogens is 1. The minimum Gasteiger partial charge on any atom is -0.449 e. The smallest absolute Gasteiger partial charge is 0.417 e. The summed E-state index contributed by atoms with van der Waals surface area (Å²) in [6.45, 7) is 0.890. The molecule has 3 aromatic rings. The minimum atomic E-state index is -4.44. The SMILES string of the molecule is O=C(OC(C(=O)c1ccccc1)c1ccccc1)C1CCN(c2ccc(C(F)(F)F)cn2)CC1. The number of halogens is 3. The number of esters is 1. The minimum absolute atomic E-state index is 0.299. The molecule has 0 radical (unpaired) electrons. The fraction of sp³-hybridized carbons (Fsp3) is 0.269.